The second-order valence-electron chi connectivity index (χ2n) is 6.80. The number of rotatable bonds is 4. The molecule has 0 saturated carbocycles. The van der Waals surface area contributed by atoms with E-state index in [1.807, 2.05) is 0 Å². The van der Waals surface area contributed by atoms with Crippen molar-refractivity contribution >= 4 is 73.2 Å². The van der Waals surface area contributed by atoms with Gasteiger partial charge in [-0.05, 0) is 42.5 Å². The fourth-order valence-corrected chi connectivity index (χ4v) is 7.67. The number of sulfone groups is 1. The topological polar surface area (TPSA) is 76.0 Å². The number of benzene rings is 2. The fourth-order valence-electron chi connectivity index (χ4n) is 3.32. The number of carbonyl (C=O) groups is 1. The van der Waals surface area contributed by atoms with E-state index < -0.39 is 15.7 Å². The van der Waals surface area contributed by atoms with E-state index in [9.17, 15) is 13.2 Å². The van der Waals surface area contributed by atoms with Gasteiger partial charge in [0.05, 0.1) is 27.6 Å². The van der Waals surface area contributed by atoms with E-state index in [1.54, 1.807) is 47.4 Å². The predicted molar refractivity (Wildman–Crippen MR) is 122 cm³/mol. The van der Waals surface area contributed by atoms with Crippen LogP contribution in [0.1, 0.15) is 0 Å². The molecule has 2 fully saturated rings. The van der Waals surface area contributed by atoms with Gasteiger partial charge in [-0.1, -0.05) is 46.6 Å². The van der Waals surface area contributed by atoms with Gasteiger partial charge in [0.25, 0.3) is 5.91 Å². The van der Waals surface area contributed by atoms with Gasteiger partial charge in [0.1, 0.15) is 5.75 Å². The van der Waals surface area contributed by atoms with Crippen LogP contribution in [0.25, 0.3) is 0 Å². The highest BCUT2D eigenvalue weighted by Gasteiger charge is 2.49. The Morgan fingerprint density at radius 3 is 2.53 bits per heavy atom. The minimum Gasteiger partial charge on any atom is -0.484 e. The molecule has 2 aliphatic rings. The Labute approximate surface area is 193 Å². The molecule has 2 aromatic rings. The molecule has 2 atom stereocenters. The maximum absolute atomic E-state index is 12.4. The summed E-state index contributed by atoms with van der Waals surface area (Å²) in [5.74, 6) is 0.0327. The van der Waals surface area contributed by atoms with Crippen molar-refractivity contribution in [3.8, 4) is 5.75 Å². The third-order valence-electron chi connectivity index (χ3n) is 4.64. The quantitative estimate of drug-likeness (QED) is 0.616. The number of aliphatic imine (C=N–C) groups is 1. The molecule has 0 N–H and O–H groups in total. The third kappa shape index (κ3) is 4.73. The number of hydrogen-bond acceptors (Lipinski definition) is 5. The van der Waals surface area contributed by atoms with Gasteiger partial charge < -0.3 is 9.64 Å². The Hall–Kier alpha value is -1.45. The van der Waals surface area contributed by atoms with E-state index in [1.165, 1.54) is 11.8 Å². The van der Waals surface area contributed by atoms with Gasteiger partial charge in [-0.25, -0.2) is 8.42 Å². The molecule has 2 aromatic carbocycles. The number of fused-ring (bicyclic) bond motifs is 1. The highest BCUT2D eigenvalue weighted by atomic mass is 35.5. The first-order valence-corrected chi connectivity index (χ1v) is 12.7. The molecule has 2 aliphatic heterocycles. The average molecular weight is 506 g/mol. The van der Waals surface area contributed by atoms with Crippen molar-refractivity contribution in [2.24, 2.45) is 4.99 Å². The number of amidine groups is 1. The van der Waals surface area contributed by atoms with Crippen molar-refractivity contribution in [3.05, 3.63) is 57.5 Å². The van der Waals surface area contributed by atoms with E-state index in [2.05, 4.69) is 4.99 Å². The molecule has 1 amide bonds. The number of ether oxygens (including phenoxy) is 1. The average Bonchev–Trinajstić information content (AvgIpc) is 3.14. The molecule has 2 saturated heterocycles. The van der Waals surface area contributed by atoms with Crippen LogP contribution in [0.4, 0.5) is 5.69 Å². The molecule has 4 rings (SSSR count). The molecule has 0 aromatic heterocycles. The molecule has 30 heavy (non-hydrogen) atoms. The lowest BCUT2D eigenvalue weighted by Gasteiger charge is -2.24. The molecule has 6 nitrogen and oxygen atoms in total. The smallest absolute Gasteiger partial charge is 0.285 e. The van der Waals surface area contributed by atoms with E-state index in [-0.39, 0.29) is 29.4 Å². The normalized spacial score (nSPS) is 23.6. The minimum atomic E-state index is -3.16. The summed E-state index contributed by atoms with van der Waals surface area (Å²) in [5.41, 5.74) is 0.631. The molecule has 2 heterocycles. The first kappa shape index (κ1) is 21.8. The van der Waals surface area contributed by atoms with Crippen LogP contribution >= 0.6 is 46.6 Å². The zero-order valence-electron chi connectivity index (χ0n) is 15.3. The van der Waals surface area contributed by atoms with E-state index in [0.29, 0.717) is 31.7 Å². The van der Waals surface area contributed by atoms with Gasteiger partial charge in [0.2, 0.25) is 0 Å². The highest BCUT2D eigenvalue weighted by Crippen LogP contribution is 2.42. The lowest BCUT2D eigenvalue weighted by atomic mass is 10.2. The van der Waals surface area contributed by atoms with Gasteiger partial charge >= 0.3 is 0 Å². The third-order valence-corrected chi connectivity index (χ3v) is 8.84. The van der Waals surface area contributed by atoms with E-state index >= 15 is 0 Å². The maximum atomic E-state index is 12.4. The summed E-state index contributed by atoms with van der Waals surface area (Å²) in [6.07, 6.45) is 0. The molecule has 0 spiro atoms. The first-order chi connectivity index (χ1) is 14.2. The number of halogens is 3. The van der Waals surface area contributed by atoms with Crippen molar-refractivity contribution in [1.29, 1.82) is 0 Å². The van der Waals surface area contributed by atoms with Crippen LogP contribution in [-0.4, -0.2) is 48.9 Å². The lowest BCUT2D eigenvalue weighted by Crippen LogP contribution is -2.37. The van der Waals surface area contributed by atoms with Gasteiger partial charge in [0.15, 0.2) is 21.6 Å². The first-order valence-electron chi connectivity index (χ1n) is 8.83. The van der Waals surface area contributed by atoms with Gasteiger partial charge in [-0.3, -0.25) is 4.79 Å². The molecule has 158 valence electrons. The second kappa shape index (κ2) is 8.59. The molecule has 0 bridgehead atoms. The van der Waals surface area contributed by atoms with E-state index in [4.69, 9.17) is 39.5 Å². The van der Waals surface area contributed by atoms with Crippen LogP contribution in [0.3, 0.4) is 0 Å². The van der Waals surface area contributed by atoms with Crippen molar-refractivity contribution in [2.75, 3.05) is 23.0 Å². The van der Waals surface area contributed by atoms with Crippen molar-refractivity contribution < 1.29 is 17.9 Å². The molecule has 0 unspecified atom stereocenters. The summed E-state index contributed by atoms with van der Waals surface area (Å²) in [7, 11) is -3.16. The Morgan fingerprint density at radius 2 is 1.83 bits per heavy atom. The fraction of sp³-hybridized carbons (Fsp3) is 0.263. The monoisotopic (exact) mass is 504 g/mol. The molecule has 11 heteroatoms. The summed E-state index contributed by atoms with van der Waals surface area (Å²) in [6.45, 7) is -0.255. The van der Waals surface area contributed by atoms with Crippen LogP contribution in [0, 0.1) is 0 Å². The van der Waals surface area contributed by atoms with Gasteiger partial charge in [0, 0.05) is 16.0 Å². The van der Waals surface area contributed by atoms with Crippen LogP contribution in [0.5, 0.6) is 5.75 Å². The van der Waals surface area contributed by atoms with Crippen LogP contribution < -0.4 is 9.64 Å². The van der Waals surface area contributed by atoms with Crippen LogP contribution in [-0.2, 0) is 14.6 Å². The summed E-state index contributed by atoms with van der Waals surface area (Å²) >= 11 is 19.3. The Balaban J connectivity index is 1.57. The largest absolute Gasteiger partial charge is 0.484 e. The molecule has 0 radical (unpaired) electrons. The Morgan fingerprint density at radius 1 is 1.10 bits per heavy atom. The standard InChI is InChI=1S/C19H15Cl3N2O4S2/c20-11-1-4-13(5-2-11)28-8-18(25)23-19-24(12-3-6-14(21)15(22)7-12)16-9-30(26,27)10-17(16)29-19/h1-7,16-17H,8-10H2/t16-,17+/m1/s1. The predicted octanol–water partition coefficient (Wildman–Crippen LogP) is 4.33. The summed E-state index contributed by atoms with van der Waals surface area (Å²) in [6, 6.07) is 11.3. The SMILES string of the molecule is O=C(COc1ccc(Cl)cc1)N=C1S[C@H]2CS(=O)(=O)C[C@H]2N1c1ccc(Cl)c(Cl)c1. The molecular formula is C19H15Cl3N2O4S2. The lowest BCUT2D eigenvalue weighted by molar-refractivity contribution is -0.119. The summed E-state index contributed by atoms with van der Waals surface area (Å²) in [4.78, 5) is 18.4. The molecule has 0 aliphatic carbocycles. The second-order valence-corrected chi connectivity index (χ2v) is 11.4. The summed E-state index contributed by atoms with van der Waals surface area (Å²) < 4.78 is 29.7. The van der Waals surface area contributed by atoms with Gasteiger partial charge in [-0.15, -0.1) is 0 Å². The Bertz CT molecular complexity index is 1120. The summed E-state index contributed by atoms with van der Waals surface area (Å²) in [5, 5.41) is 1.49. The number of hydrogen-bond donors (Lipinski definition) is 0. The number of nitrogens with zero attached hydrogens (tertiary/aromatic N) is 2. The Kier molecular flexibility index (Phi) is 6.23. The number of thioether (sulfide) groups is 1. The van der Waals surface area contributed by atoms with Crippen molar-refractivity contribution in [3.63, 3.8) is 0 Å². The highest BCUT2D eigenvalue weighted by molar-refractivity contribution is 8.16. The minimum absolute atomic E-state index is 0.0145. The van der Waals surface area contributed by atoms with Gasteiger partial charge in [-0.2, -0.15) is 4.99 Å². The number of amides is 1. The number of carbonyl (C=O) groups excluding carboxylic acids is 1. The molecular weight excluding hydrogens is 491 g/mol. The van der Waals surface area contributed by atoms with E-state index in [0.717, 1.165) is 0 Å². The van der Waals surface area contributed by atoms with Crippen molar-refractivity contribution in [2.45, 2.75) is 11.3 Å². The van der Waals surface area contributed by atoms with Crippen molar-refractivity contribution in [1.82, 2.24) is 0 Å². The number of anilines is 1. The van der Waals surface area contributed by atoms with Crippen LogP contribution in [0.2, 0.25) is 15.1 Å². The zero-order chi connectivity index (χ0) is 21.5. The zero-order valence-corrected chi connectivity index (χ0v) is 19.2. The van der Waals surface area contributed by atoms with Crippen LogP contribution in [0.15, 0.2) is 47.5 Å². The maximum Gasteiger partial charge on any atom is 0.285 e.